The molecule has 0 spiro atoms. The van der Waals surface area contributed by atoms with E-state index in [0.717, 1.165) is 30.7 Å². The fourth-order valence-electron chi connectivity index (χ4n) is 3.72. The normalized spacial score (nSPS) is 27.6. The molecule has 0 amide bonds. The topological polar surface area (TPSA) is 32.6 Å². The molecule has 0 bridgehead atoms. The highest BCUT2D eigenvalue weighted by Crippen LogP contribution is 2.48. The van der Waals surface area contributed by atoms with E-state index in [-0.39, 0.29) is 5.92 Å². The first kappa shape index (κ1) is 11.9. The van der Waals surface area contributed by atoms with Crippen LogP contribution in [0.25, 0.3) is 0 Å². The Hall–Kier alpha value is -1.93. The lowest BCUT2D eigenvalue weighted by Crippen LogP contribution is -2.42. The van der Waals surface area contributed by atoms with Crippen molar-refractivity contribution in [2.75, 3.05) is 6.54 Å². The van der Waals surface area contributed by atoms with Crippen LogP contribution in [0.3, 0.4) is 0 Å². The third kappa shape index (κ3) is 1.52. The molecule has 100 valence electrons. The predicted octanol–water partition coefficient (Wildman–Crippen LogP) is 3.15. The van der Waals surface area contributed by atoms with Crippen molar-refractivity contribution in [2.45, 2.75) is 24.4 Å². The summed E-state index contributed by atoms with van der Waals surface area (Å²) in [5.74, 6) is 0.0129. The van der Waals surface area contributed by atoms with E-state index in [1.165, 1.54) is 11.1 Å². The summed E-state index contributed by atoms with van der Waals surface area (Å²) >= 11 is 0. The number of aliphatic hydroxyl groups is 1. The highest BCUT2D eigenvalue weighted by molar-refractivity contribution is 6.12. The summed E-state index contributed by atoms with van der Waals surface area (Å²) in [4.78, 5) is 4.65. The zero-order valence-corrected chi connectivity index (χ0v) is 11.3. The summed E-state index contributed by atoms with van der Waals surface area (Å²) in [7, 11) is 0. The second-order valence-corrected chi connectivity index (χ2v) is 5.69. The Morgan fingerprint density at radius 1 is 1.00 bits per heavy atom. The molecule has 2 aromatic carbocycles. The second kappa shape index (κ2) is 4.29. The van der Waals surface area contributed by atoms with Crippen molar-refractivity contribution in [2.24, 2.45) is 4.99 Å². The largest absolute Gasteiger partial charge is 0.383 e. The Morgan fingerprint density at radius 2 is 1.75 bits per heavy atom. The van der Waals surface area contributed by atoms with Crippen molar-refractivity contribution < 1.29 is 5.11 Å². The van der Waals surface area contributed by atoms with Gasteiger partial charge in [-0.3, -0.25) is 4.99 Å². The van der Waals surface area contributed by atoms with Gasteiger partial charge in [0.2, 0.25) is 0 Å². The van der Waals surface area contributed by atoms with Gasteiger partial charge in [-0.1, -0.05) is 54.6 Å². The van der Waals surface area contributed by atoms with Crippen LogP contribution in [0.1, 0.15) is 35.4 Å². The van der Waals surface area contributed by atoms with Crippen LogP contribution in [-0.4, -0.2) is 23.0 Å². The van der Waals surface area contributed by atoms with E-state index >= 15 is 0 Å². The second-order valence-electron chi connectivity index (χ2n) is 5.69. The Bertz CT molecular complexity index is 677. The maximum absolute atomic E-state index is 11.3. The summed E-state index contributed by atoms with van der Waals surface area (Å²) in [5.41, 5.74) is 3.58. The van der Waals surface area contributed by atoms with Gasteiger partial charge in [-0.05, 0) is 24.0 Å². The molecule has 2 atom stereocenters. The first-order valence-electron chi connectivity index (χ1n) is 7.22. The van der Waals surface area contributed by atoms with Gasteiger partial charge in [0.15, 0.2) is 0 Å². The van der Waals surface area contributed by atoms with E-state index < -0.39 is 5.60 Å². The van der Waals surface area contributed by atoms with E-state index in [4.69, 9.17) is 0 Å². The average molecular weight is 263 g/mol. The molecule has 2 heteroatoms. The van der Waals surface area contributed by atoms with Gasteiger partial charge in [-0.25, -0.2) is 0 Å². The van der Waals surface area contributed by atoms with Crippen molar-refractivity contribution >= 4 is 5.71 Å². The molecular formula is C18H17NO. The SMILES string of the molecule is O[C@]12CCCN=C1c1ccccc1[C@H]2c1ccccc1. The molecule has 0 fully saturated rings. The van der Waals surface area contributed by atoms with Crippen LogP contribution in [-0.2, 0) is 0 Å². The summed E-state index contributed by atoms with van der Waals surface area (Å²) in [5, 5.41) is 11.3. The van der Waals surface area contributed by atoms with Gasteiger partial charge >= 0.3 is 0 Å². The fraction of sp³-hybridized carbons (Fsp3) is 0.278. The fourth-order valence-corrected chi connectivity index (χ4v) is 3.72. The Kier molecular flexibility index (Phi) is 2.54. The number of hydrogen-bond acceptors (Lipinski definition) is 2. The summed E-state index contributed by atoms with van der Waals surface area (Å²) in [6.45, 7) is 0.827. The molecule has 2 nitrogen and oxygen atoms in total. The van der Waals surface area contributed by atoms with E-state index in [9.17, 15) is 5.11 Å². The lowest BCUT2D eigenvalue weighted by atomic mass is 9.78. The lowest BCUT2D eigenvalue weighted by molar-refractivity contribution is 0.0848. The summed E-state index contributed by atoms with van der Waals surface area (Å²) < 4.78 is 0. The average Bonchev–Trinajstić information content (AvgIpc) is 2.76. The highest BCUT2D eigenvalue weighted by Gasteiger charge is 2.51. The molecule has 2 aliphatic rings. The Morgan fingerprint density at radius 3 is 2.60 bits per heavy atom. The van der Waals surface area contributed by atoms with Gasteiger partial charge in [-0.2, -0.15) is 0 Å². The zero-order valence-electron chi connectivity index (χ0n) is 11.3. The molecule has 4 rings (SSSR count). The van der Waals surface area contributed by atoms with Gasteiger partial charge < -0.3 is 5.11 Å². The minimum absolute atomic E-state index is 0.0129. The first-order valence-corrected chi connectivity index (χ1v) is 7.22. The van der Waals surface area contributed by atoms with Gasteiger partial charge in [-0.15, -0.1) is 0 Å². The highest BCUT2D eigenvalue weighted by atomic mass is 16.3. The molecule has 1 aliphatic heterocycles. The Balaban J connectivity index is 1.97. The van der Waals surface area contributed by atoms with Crippen molar-refractivity contribution in [3.8, 4) is 0 Å². The van der Waals surface area contributed by atoms with Crippen LogP contribution in [0.4, 0.5) is 0 Å². The molecule has 0 aromatic heterocycles. The number of benzene rings is 2. The molecule has 2 aromatic rings. The van der Waals surface area contributed by atoms with Gasteiger partial charge in [0.1, 0.15) is 5.60 Å². The maximum atomic E-state index is 11.3. The number of fused-ring (bicyclic) bond motifs is 3. The molecular weight excluding hydrogens is 246 g/mol. The molecule has 0 radical (unpaired) electrons. The van der Waals surface area contributed by atoms with Gasteiger partial charge in [0.05, 0.1) is 5.71 Å². The van der Waals surface area contributed by atoms with Crippen molar-refractivity contribution in [1.82, 2.24) is 0 Å². The minimum Gasteiger partial charge on any atom is -0.383 e. The lowest BCUT2D eigenvalue weighted by Gasteiger charge is -2.33. The van der Waals surface area contributed by atoms with E-state index in [1.54, 1.807) is 0 Å². The molecule has 20 heavy (non-hydrogen) atoms. The van der Waals surface area contributed by atoms with Gasteiger partial charge in [0.25, 0.3) is 0 Å². The smallest absolute Gasteiger partial charge is 0.118 e. The summed E-state index contributed by atoms with van der Waals surface area (Å²) in [6.07, 6.45) is 1.75. The third-order valence-corrected chi connectivity index (χ3v) is 4.53. The molecule has 1 aliphatic carbocycles. The van der Waals surface area contributed by atoms with Crippen LogP contribution in [0.2, 0.25) is 0 Å². The monoisotopic (exact) mass is 263 g/mol. The number of aliphatic imine (C=N–C) groups is 1. The molecule has 0 unspecified atom stereocenters. The van der Waals surface area contributed by atoms with E-state index in [1.807, 2.05) is 24.3 Å². The molecule has 1 heterocycles. The van der Waals surface area contributed by atoms with Crippen LogP contribution >= 0.6 is 0 Å². The molecule has 0 saturated carbocycles. The summed E-state index contributed by atoms with van der Waals surface area (Å²) in [6, 6.07) is 18.6. The number of hydrogen-bond donors (Lipinski definition) is 1. The quantitative estimate of drug-likeness (QED) is 0.842. The third-order valence-electron chi connectivity index (χ3n) is 4.53. The number of rotatable bonds is 1. The van der Waals surface area contributed by atoms with Gasteiger partial charge in [0, 0.05) is 18.0 Å². The predicted molar refractivity (Wildman–Crippen MR) is 80.3 cm³/mol. The van der Waals surface area contributed by atoms with Crippen molar-refractivity contribution in [1.29, 1.82) is 0 Å². The van der Waals surface area contributed by atoms with Crippen molar-refractivity contribution in [3.05, 3.63) is 71.3 Å². The van der Waals surface area contributed by atoms with Crippen molar-refractivity contribution in [3.63, 3.8) is 0 Å². The first-order chi connectivity index (χ1) is 9.81. The molecule has 1 N–H and O–H groups in total. The van der Waals surface area contributed by atoms with E-state index in [2.05, 4.69) is 35.3 Å². The van der Waals surface area contributed by atoms with Crippen LogP contribution < -0.4 is 0 Å². The minimum atomic E-state index is -0.830. The van der Waals surface area contributed by atoms with Crippen LogP contribution in [0, 0.1) is 0 Å². The number of nitrogens with zero attached hydrogens (tertiary/aromatic N) is 1. The zero-order chi connectivity index (χ0) is 13.6. The standard InChI is InChI=1S/C18H17NO/c20-18-11-6-12-19-17(18)15-10-5-4-9-14(15)16(18)13-7-2-1-3-8-13/h1-5,7-10,16,20H,6,11-12H2/t16-,18+/m1/s1. The van der Waals surface area contributed by atoms with Crippen LogP contribution in [0.5, 0.6) is 0 Å². The van der Waals surface area contributed by atoms with Crippen LogP contribution in [0.15, 0.2) is 59.6 Å². The molecule has 0 saturated heterocycles. The maximum Gasteiger partial charge on any atom is 0.118 e. The Labute approximate surface area is 118 Å². The van der Waals surface area contributed by atoms with E-state index in [0.29, 0.717) is 0 Å².